The lowest BCUT2D eigenvalue weighted by molar-refractivity contribution is -0.132. The van der Waals surface area contributed by atoms with Gasteiger partial charge in [0, 0.05) is 49.2 Å². The highest BCUT2D eigenvalue weighted by atomic mass is 16.5. The zero-order chi connectivity index (χ0) is 19.1. The number of carbonyl (C=O) groups is 2. The molecule has 0 bridgehead atoms. The number of hydrogen-bond donors (Lipinski definition) is 1. The number of fused-ring (bicyclic) bond motifs is 1. The van der Waals surface area contributed by atoms with Crippen LogP contribution in [0, 0.1) is 19.8 Å². The topological polar surface area (TPSA) is 93.3 Å². The second-order valence-electron chi connectivity index (χ2n) is 7.53. The Hall–Kier alpha value is -2.64. The van der Waals surface area contributed by atoms with E-state index in [2.05, 4.69) is 15.6 Å². The molecule has 0 spiro atoms. The largest absolute Gasteiger partial charge is 0.361 e. The van der Waals surface area contributed by atoms with Gasteiger partial charge in [-0.25, -0.2) is 0 Å². The van der Waals surface area contributed by atoms with Crippen molar-refractivity contribution in [2.24, 2.45) is 13.0 Å². The Morgan fingerprint density at radius 2 is 2.07 bits per heavy atom. The molecule has 8 heteroatoms. The number of amides is 2. The van der Waals surface area contributed by atoms with E-state index in [-0.39, 0.29) is 17.7 Å². The Labute approximate surface area is 157 Å². The van der Waals surface area contributed by atoms with Gasteiger partial charge in [0.05, 0.1) is 12.2 Å². The summed E-state index contributed by atoms with van der Waals surface area (Å²) in [6.07, 6.45) is 3.69. The maximum absolute atomic E-state index is 12.7. The van der Waals surface area contributed by atoms with Gasteiger partial charge in [0.15, 0.2) is 5.82 Å². The molecule has 2 aromatic rings. The lowest BCUT2D eigenvalue weighted by Gasteiger charge is -2.27. The minimum atomic E-state index is 0.0396. The summed E-state index contributed by atoms with van der Waals surface area (Å²) in [5.41, 5.74) is 3.91. The van der Waals surface area contributed by atoms with Crippen molar-refractivity contribution < 1.29 is 14.1 Å². The molecule has 144 valence electrons. The molecular weight excluding hydrogens is 346 g/mol. The molecule has 1 N–H and O–H groups in total. The molecule has 2 aromatic heterocycles. The first kappa shape index (κ1) is 17.8. The first-order valence-corrected chi connectivity index (χ1v) is 9.49. The molecule has 0 unspecified atom stereocenters. The van der Waals surface area contributed by atoms with Crippen molar-refractivity contribution in [2.45, 2.75) is 52.5 Å². The molecule has 4 rings (SSSR count). The van der Waals surface area contributed by atoms with Crippen LogP contribution in [0.3, 0.4) is 0 Å². The predicted molar refractivity (Wildman–Crippen MR) is 98.0 cm³/mol. The van der Waals surface area contributed by atoms with E-state index in [1.165, 1.54) is 0 Å². The molecule has 0 radical (unpaired) electrons. The summed E-state index contributed by atoms with van der Waals surface area (Å²) in [6.45, 7) is 4.93. The smallest absolute Gasteiger partial charge is 0.228 e. The van der Waals surface area contributed by atoms with Crippen molar-refractivity contribution in [3.63, 3.8) is 0 Å². The third-order valence-electron chi connectivity index (χ3n) is 5.55. The summed E-state index contributed by atoms with van der Waals surface area (Å²) < 4.78 is 7.00. The summed E-state index contributed by atoms with van der Waals surface area (Å²) in [4.78, 5) is 26.7. The molecule has 2 amide bonds. The van der Waals surface area contributed by atoms with Crippen LogP contribution in [0.1, 0.15) is 47.5 Å². The van der Waals surface area contributed by atoms with Gasteiger partial charge in [0.2, 0.25) is 11.8 Å². The summed E-state index contributed by atoms with van der Waals surface area (Å²) >= 11 is 0. The first-order chi connectivity index (χ1) is 12.9. The maximum Gasteiger partial charge on any atom is 0.228 e. The molecule has 1 aliphatic heterocycles. The van der Waals surface area contributed by atoms with Crippen LogP contribution in [0.2, 0.25) is 0 Å². The summed E-state index contributed by atoms with van der Waals surface area (Å²) in [6, 6.07) is 0. The van der Waals surface area contributed by atoms with E-state index in [9.17, 15) is 9.59 Å². The van der Waals surface area contributed by atoms with Crippen molar-refractivity contribution in [3.05, 3.63) is 28.3 Å². The van der Waals surface area contributed by atoms with Crippen molar-refractivity contribution in [1.82, 2.24) is 19.8 Å². The monoisotopic (exact) mass is 371 g/mol. The molecule has 0 aromatic carbocycles. The summed E-state index contributed by atoms with van der Waals surface area (Å²) in [5.74, 6) is 1.65. The van der Waals surface area contributed by atoms with E-state index in [1.807, 2.05) is 30.5 Å². The van der Waals surface area contributed by atoms with Gasteiger partial charge in [-0.2, -0.15) is 5.10 Å². The molecule has 3 heterocycles. The van der Waals surface area contributed by atoms with Crippen molar-refractivity contribution in [1.29, 1.82) is 0 Å². The molecule has 1 aliphatic carbocycles. The van der Waals surface area contributed by atoms with Crippen LogP contribution < -0.4 is 5.32 Å². The van der Waals surface area contributed by atoms with E-state index < -0.39 is 0 Å². The zero-order valence-electron chi connectivity index (χ0n) is 16.0. The van der Waals surface area contributed by atoms with Crippen LogP contribution in [0.25, 0.3) is 0 Å². The van der Waals surface area contributed by atoms with Gasteiger partial charge in [-0.1, -0.05) is 5.16 Å². The van der Waals surface area contributed by atoms with Crippen molar-refractivity contribution in [2.75, 3.05) is 11.9 Å². The standard InChI is InChI=1S/C19H25N5O3/c1-11-14(12(2)27-22-11)6-7-17(25)24-9-8-16-15(10-24)18(21-23(16)3)20-19(26)13-4-5-13/h13H,4-10H2,1-3H3,(H,20,21,26). The quantitative estimate of drug-likeness (QED) is 0.866. The molecule has 8 nitrogen and oxygen atoms in total. The lowest BCUT2D eigenvalue weighted by atomic mass is 10.0. The molecule has 0 atom stereocenters. The highest BCUT2D eigenvalue weighted by Crippen LogP contribution is 2.32. The van der Waals surface area contributed by atoms with Gasteiger partial charge in [-0.3, -0.25) is 14.3 Å². The first-order valence-electron chi connectivity index (χ1n) is 9.49. The molecule has 1 saturated carbocycles. The van der Waals surface area contributed by atoms with Gasteiger partial charge >= 0.3 is 0 Å². The summed E-state index contributed by atoms with van der Waals surface area (Å²) in [7, 11) is 1.89. The van der Waals surface area contributed by atoms with Crippen LogP contribution >= 0.6 is 0 Å². The van der Waals surface area contributed by atoms with Crippen molar-refractivity contribution >= 4 is 17.6 Å². The van der Waals surface area contributed by atoms with Crippen LogP contribution in [0.15, 0.2) is 4.52 Å². The van der Waals surface area contributed by atoms with E-state index in [0.29, 0.717) is 31.7 Å². The molecule has 1 fully saturated rings. The minimum Gasteiger partial charge on any atom is -0.361 e. The zero-order valence-corrected chi connectivity index (χ0v) is 16.0. The summed E-state index contributed by atoms with van der Waals surface area (Å²) in [5, 5.41) is 11.4. The number of nitrogens with zero attached hydrogens (tertiary/aromatic N) is 4. The van der Waals surface area contributed by atoms with Gasteiger partial charge in [0.25, 0.3) is 0 Å². The highest BCUT2D eigenvalue weighted by molar-refractivity contribution is 5.94. The highest BCUT2D eigenvalue weighted by Gasteiger charge is 2.32. The number of anilines is 1. The average molecular weight is 371 g/mol. The second kappa shape index (κ2) is 6.83. The minimum absolute atomic E-state index is 0.0396. The molecule has 2 aliphatic rings. The fourth-order valence-electron chi connectivity index (χ4n) is 3.72. The average Bonchev–Trinajstić information content (AvgIpc) is 3.40. The van der Waals surface area contributed by atoms with Crippen LogP contribution in [0.4, 0.5) is 5.82 Å². The van der Waals surface area contributed by atoms with Crippen molar-refractivity contribution in [3.8, 4) is 0 Å². The van der Waals surface area contributed by atoms with E-state index in [1.54, 1.807) is 0 Å². The van der Waals surface area contributed by atoms with Gasteiger partial charge in [0.1, 0.15) is 5.76 Å². The fraction of sp³-hybridized carbons (Fsp3) is 0.579. The van der Waals surface area contributed by atoms with Crippen LogP contribution in [0.5, 0.6) is 0 Å². The van der Waals surface area contributed by atoms with Crippen LogP contribution in [-0.4, -0.2) is 38.2 Å². The molecule has 0 saturated heterocycles. The van der Waals surface area contributed by atoms with E-state index >= 15 is 0 Å². The Morgan fingerprint density at radius 1 is 1.30 bits per heavy atom. The lowest BCUT2D eigenvalue weighted by Crippen LogP contribution is -2.36. The van der Waals surface area contributed by atoms with Gasteiger partial charge in [-0.05, 0) is 33.1 Å². The van der Waals surface area contributed by atoms with Crippen LogP contribution in [-0.2, 0) is 36.0 Å². The van der Waals surface area contributed by atoms with Gasteiger partial charge in [-0.15, -0.1) is 0 Å². The Kier molecular flexibility index (Phi) is 4.49. The number of carbonyl (C=O) groups excluding carboxylic acids is 2. The number of aromatic nitrogens is 3. The van der Waals surface area contributed by atoms with Gasteiger partial charge < -0.3 is 14.7 Å². The predicted octanol–water partition coefficient (Wildman–Crippen LogP) is 1.89. The maximum atomic E-state index is 12.7. The number of aryl methyl sites for hydroxylation is 3. The fourth-order valence-corrected chi connectivity index (χ4v) is 3.72. The second-order valence-corrected chi connectivity index (χ2v) is 7.53. The number of hydrogen-bond acceptors (Lipinski definition) is 5. The third kappa shape index (κ3) is 3.48. The Morgan fingerprint density at radius 3 is 2.74 bits per heavy atom. The third-order valence-corrected chi connectivity index (χ3v) is 5.55. The number of rotatable bonds is 5. The molecular formula is C19H25N5O3. The Bertz CT molecular complexity index is 874. The number of nitrogens with one attached hydrogen (secondary N) is 1. The normalized spacial score (nSPS) is 16.3. The van der Waals surface area contributed by atoms with E-state index in [0.717, 1.165) is 47.5 Å². The molecule has 27 heavy (non-hydrogen) atoms. The Balaban J connectivity index is 1.43. The van der Waals surface area contributed by atoms with E-state index in [4.69, 9.17) is 4.52 Å². The SMILES string of the molecule is Cc1noc(C)c1CCC(=O)N1CCc2c(c(NC(=O)C3CC3)nn2C)C1.